The second-order valence-corrected chi connectivity index (χ2v) is 10.8. The molecule has 2 N–H and O–H groups in total. The van der Waals surface area contributed by atoms with Crippen molar-refractivity contribution in [3.8, 4) is 0 Å². The Bertz CT molecular complexity index is 640. The Morgan fingerprint density at radius 2 is 1.96 bits per heavy atom. The molecule has 0 unspecified atom stereocenters. The molecule has 0 aliphatic heterocycles. The third kappa shape index (κ3) is 2.82. The summed E-state index contributed by atoms with van der Waals surface area (Å²) in [5, 5.41) is 21.2. The number of carbonyl (C=O) groups is 1. The number of hydrogen-bond acceptors (Lipinski definition) is 2. The molecule has 0 saturated heterocycles. The van der Waals surface area contributed by atoms with Crippen LogP contribution in [0.25, 0.3) is 0 Å². The molecule has 0 aromatic carbocycles. The van der Waals surface area contributed by atoms with Gasteiger partial charge in [0, 0.05) is 6.42 Å². The van der Waals surface area contributed by atoms with Gasteiger partial charge in [-0.1, -0.05) is 38.8 Å². The van der Waals surface area contributed by atoms with E-state index in [9.17, 15) is 9.90 Å². The van der Waals surface area contributed by atoms with Crippen LogP contribution in [0.2, 0.25) is 0 Å². The highest BCUT2D eigenvalue weighted by Crippen LogP contribution is 2.68. The molecule has 4 aliphatic rings. The van der Waals surface area contributed by atoms with E-state index in [1.807, 2.05) is 0 Å². The fraction of sp³-hybridized carbons (Fsp3) is 0.875. The summed E-state index contributed by atoms with van der Waals surface area (Å²) < 4.78 is 0. The molecule has 152 valence electrons. The van der Waals surface area contributed by atoms with Gasteiger partial charge in [0.25, 0.3) is 0 Å². The maximum absolute atomic E-state index is 12.1. The van der Waals surface area contributed by atoms with Gasteiger partial charge in [-0.3, -0.25) is 4.79 Å². The highest BCUT2D eigenvalue weighted by atomic mass is 16.4. The fourth-order valence-electron chi connectivity index (χ4n) is 8.31. The van der Waals surface area contributed by atoms with Crippen molar-refractivity contribution in [1.82, 2.24) is 0 Å². The highest BCUT2D eigenvalue weighted by molar-refractivity contribution is 5.66. The van der Waals surface area contributed by atoms with E-state index in [-0.39, 0.29) is 17.3 Å². The summed E-state index contributed by atoms with van der Waals surface area (Å²) in [5.41, 5.74) is 1.46. The SMILES string of the molecule is C[C@H](CCC(=O)O)[C@H]1CC[C@@H]2[C@]1(C)CC[C@H]1[C@@]2(O)CC=C2CCCC[C@@]21C. The smallest absolute Gasteiger partial charge is 0.303 e. The van der Waals surface area contributed by atoms with E-state index in [2.05, 4.69) is 26.8 Å². The van der Waals surface area contributed by atoms with Crippen LogP contribution in [0.5, 0.6) is 0 Å². The van der Waals surface area contributed by atoms with Gasteiger partial charge in [0.2, 0.25) is 0 Å². The molecule has 7 atom stereocenters. The lowest BCUT2D eigenvalue weighted by molar-refractivity contribution is -0.180. The lowest BCUT2D eigenvalue weighted by atomic mass is 9.45. The van der Waals surface area contributed by atoms with Crippen LogP contribution < -0.4 is 0 Å². The number of fused-ring (bicyclic) bond motifs is 5. The molecule has 0 aromatic heterocycles. The van der Waals surface area contributed by atoms with Crippen LogP contribution in [0.1, 0.15) is 91.4 Å². The number of aliphatic hydroxyl groups is 1. The maximum Gasteiger partial charge on any atom is 0.303 e. The van der Waals surface area contributed by atoms with Gasteiger partial charge < -0.3 is 10.2 Å². The zero-order chi connectivity index (χ0) is 19.4. The van der Waals surface area contributed by atoms with Gasteiger partial charge in [-0.05, 0) is 92.3 Å². The van der Waals surface area contributed by atoms with Crippen molar-refractivity contribution >= 4 is 5.97 Å². The number of carboxylic acid groups (broad SMARTS) is 1. The first-order chi connectivity index (χ1) is 12.7. The first-order valence-corrected chi connectivity index (χ1v) is 11.4. The number of hydrogen-bond donors (Lipinski definition) is 2. The van der Waals surface area contributed by atoms with Gasteiger partial charge in [-0.15, -0.1) is 0 Å². The minimum absolute atomic E-state index is 0.166. The van der Waals surface area contributed by atoms with E-state index in [1.165, 1.54) is 32.1 Å². The van der Waals surface area contributed by atoms with E-state index in [0.29, 0.717) is 23.7 Å². The summed E-state index contributed by atoms with van der Waals surface area (Å²) in [7, 11) is 0. The van der Waals surface area contributed by atoms with Crippen molar-refractivity contribution in [2.24, 2.45) is 34.5 Å². The first kappa shape index (κ1) is 19.5. The van der Waals surface area contributed by atoms with Gasteiger partial charge in [0.1, 0.15) is 0 Å². The normalized spacial score (nSPS) is 47.4. The Balaban J connectivity index is 1.61. The van der Waals surface area contributed by atoms with Crippen molar-refractivity contribution in [3.63, 3.8) is 0 Å². The summed E-state index contributed by atoms with van der Waals surface area (Å²) in [5.74, 6) is 1.08. The average molecular weight is 375 g/mol. The van der Waals surface area contributed by atoms with E-state index in [0.717, 1.165) is 32.1 Å². The monoisotopic (exact) mass is 374 g/mol. The number of allylic oxidation sites excluding steroid dienone is 1. The Kier molecular flexibility index (Phi) is 4.77. The molecule has 3 fully saturated rings. The average Bonchev–Trinajstić information content (AvgIpc) is 2.97. The lowest BCUT2D eigenvalue weighted by Crippen LogP contribution is -2.61. The molecule has 4 aliphatic carbocycles. The third-order valence-electron chi connectivity index (χ3n) is 9.66. The molecule has 0 amide bonds. The zero-order valence-electron chi connectivity index (χ0n) is 17.5. The van der Waals surface area contributed by atoms with Gasteiger partial charge in [-0.2, -0.15) is 0 Å². The van der Waals surface area contributed by atoms with Crippen LogP contribution in [-0.2, 0) is 4.79 Å². The second-order valence-electron chi connectivity index (χ2n) is 10.8. The highest BCUT2D eigenvalue weighted by Gasteiger charge is 2.65. The molecule has 0 bridgehead atoms. The molecule has 0 radical (unpaired) electrons. The Morgan fingerprint density at radius 3 is 2.70 bits per heavy atom. The zero-order valence-corrected chi connectivity index (χ0v) is 17.5. The number of carboxylic acids is 1. The predicted molar refractivity (Wildman–Crippen MR) is 107 cm³/mol. The van der Waals surface area contributed by atoms with Crippen molar-refractivity contribution in [1.29, 1.82) is 0 Å². The van der Waals surface area contributed by atoms with Crippen LogP contribution in [0, 0.1) is 34.5 Å². The summed E-state index contributed by atoms with van der Waals surface area (Å²) in [6.07, 6.45) is 14.0. The summed E-state index contributed by atoms with van der Waals surface area (Å²) in [6.45, 7) is 7.11. The van der Waals surface area contributed by atoms with Crippen molar-refractivity contribution in [3.05, 3.63) is 11.6 Å². The largest absolute Gasteiger partial charge is 0.481 e. The van der Waals surface area contributed by atoms with Gasteiger partial charge in [0.15, 0.2) is 0 Å². The molecular formula is C24H38O3. The molecule has 3 nitrogen and oxygen atoms in total. The molecular weight excluding hydrogens is 336 g/mol. The first-order valence-electron chi connectivity index (χ1n) is 11.4. The van der Waals surface area contributed by atoms with Crippen LogP contribution >= 0.6 is 0 Å². The van der Waals surface area contributed by atoms with Crippen LogP contribution in [0.15, 0.2) is 11.6 Å². The predicted octanol–water partition coefficient (Wildman–Crippen LogP) is 5.57. The summed E-state index contributed by atoms with van der Waals surface area (Å²) in [4.78, 5) is 11.0. The standard InChI is InChI=1S/C24H38O3/c1-16(7-10-21(25)26)18-8-9-19-23(18,3)14-12-20-22(2)13-5-4-6-17(22)11-15-24(19,20)27/h11,16,18-20,27H,4-10,12-15H2,1-3H3,(H,25,26)/t16-,18-,19-,20-,22+,23-,24-/m1/s1. The maximum atomic E-state index is 12.1. The van der Waals surface area contributed by atoms with Crippen molar-refractivity contribution in [2.45, 2.75) is 97.0 Å². The van der Waals surface area contributed by atoms with E-state index in [4.69, 9.17) is 5.11 Å². The minimum Gasteiger partial charge on any atom is -0.481 e. The Morgan fingerprint density at radius 1 is 1.19 bits per heavy atom. The Labute approximate surface area is 164 Å². The van der Waals surface area contributed by atoms with Crippen molar-refractivity contribution < 1.29 is 15.0 Å². The van der Waals surface area contributed by atoms with E-state index >= 15 is 0 Å². The summed E-state index contributed by atoms with van der Waals surface area (Å²) in [6, 6.07) is 0. The molecule has 0 spiro atoms. The van der Waals surface area contributed by atoms with E-state index < -0.39 is 11.6 Å². The number of aliphatic carboxylic acids is 1. The third-order valence-corrected chi connectivity index (χ3v) is 9.66. The van der Waals surface area contributed by atoms with Crippen LogP contribution in [0.3, 0.4) is 0 Å². The fourth-order valence-corrected chi connectivity index (χ4v) is 8.31. The van der Waals surface area contributed by atoms with Crippen molar-refractivity contribution in [2.75, 3.05) is 0 Å². The van der Waals surface area contributed by atoms with Crippen LogP contribution in [0.4, 0.5) is 0 Å². The molecule has 3 heteroatoms. The molecule has 3 saturated carbocycles. The minimum atomic E-state index is -0.681. The topological polar surface area (TPSA) is 57.5 Å². The number of rotatable bonds is 4. The lowest BCUT2D eigenvalue weighted by Gasteiger charge is -2.62. The quantitative estimate of drug-likeness (QED) is 0.632. The van der Waals surface area contributed by atoms with E-state index in [1.54, 1.807) is 5.57 Å². The van der Waals surface area contributed by atoms with Gasteiger partial charge in [0.05, 0.1) is 5.60 Å². The molecule has 0 heterocycles. The molecule has 0 aromatic rings. The Hall–Kier alpha value is -0.830. The summed E-state index contributed by atoms with van der Waals surface area (Å²) >= 11 is 0. The van der Waals surface area contributed by atoms with Gasteiger partial charge in [-0.25, -0.2) is 0 Å². The molecule has 27 heavy (non-hydrogen) atoms. The molecule has 4 rings (SSSR count). The van der Waals surface area contributed by atoms with Crippen LogP contribution in [-0.4, -0.2) is 21.8 Å². The van der Waals surface area contributed by atoms with Gasteiger partial charge >= 0.3 is 5.97 Å². The second kappa shape index (κ2) is 6.61.